The van der Waals surface area contributed by atoms with Crippen LogP contribution in [0.5, 0.6) is 0 Å². The van der Waals surface area contributed by atoms with Gasteiger partial charge in [-0.3, -0.25) is 9.78 Å². The van der Waals surface area contributed by atoms with Crippen LogP contribution in [0.2, 0.25) is 0 Å². The van der Waals surface area contributed by atoms with E-state index in [2.05, 4.69) is 25.3 Å². The second-order valence-corrected chi connectivity index (χ2v) is 8.66. The zero-order valence-electron chi connectivity index (χ0n) is 16.6. The quantitative estimate of drug-likeness (QED) is 0.506. The number of sulfone groups is 1. The Kier molecular flexibility index (Phi) is 5.30. The molecule has 0 saturated heterocycles. The van der Waals surface area contributed by atoms with Crippen LogP contribution in [-0.2, 0) is 9.84 Å². The predicted molar refractivity (Wildman–Crippen MR) is 113 cm³/mol. The summed E-state index contributed by atoms with van der Waals surface area (Å²) >= 11 is 0. The number of amides is 1. The van der Waals surface area contributed by atoms with Crippen LogP contribution in [0.25, 0.3) is 22.8 Å². The van der Waals surface area contributed by atoms with Gasteiger partial charge in [-0.2, -0.15) is 0 Å². The van der Waals surface area contributed by atoms with Crippen molar-refractivity contribution in [3.8, 4) is 22.8 Å². The first-order valence-corrected chi connectivity index (χ1v) is 11.0. The Morgan fingerprint density at radius 3 is 2.42 bits per heavy atom. The van der Waals surface area contributed by atoms with E-state index in [0.29, 0.717) is 28.7 Å². The number of carbonyl (C=O) groups is 1. The third-order valence-electron chi connectivity index (χ3n) is 4.29. The molecule has 0 radical (unpaired) electrons. The van der Waals surface area contributed by atoms with Gasteiger partial charge in [0.25, 0.3) is 5.91 Å². The van der Waals surface area contributed by atoms with Gasteiger partial charge >= 0.3 is 0 Å². The van der Waals surface area contributed by atoms with Gasteiger partial charge in [-0.25, -0.2) is 23.4 Å². The Bertz CT molecular complexity index is 1350. The van der Waals surface area contributed by atoms with Gasteiger partial charge in [0, 0.05) is 31.1 Å². The molecule has 0 aliphatic heterocycles. The normalized spacial score (nSPS) is 11.3. The maximum absolute atomic E-state index is 12.9. The second kappa shape index (κ2) is 8.07. The summed E-state index contributed by atoms with van der Waals surface area (Å²) in [5.74, 6) is 0.372. The van der Waals surface area contributed by atoms with Crippen molar-refractivity contribution < 1.29 is 17.6 Å². The summed E-state index contributed by atoms with van der Waals surface area (Å²) in [6.45, 7) is 1.62. The summed E-state index contributed by atoms with van der Waals surface area (Å²) in [4.78, 5) is 30.0. The Morgan fingerprint density at radius 1 is 0.968 bits per heavy atom. The fourth-order valence-electron chi connectivity index (χ4n) is 2.86. The Morgan fingerprint density at radius 2 is 1.74 bits per heavy atom. The minimum Gasteiger partial charge on any atom is -0.435 e. The molecular formula is C21H17N5O4S. The number of anilines is 1. The van der Waals surface area contributed by atoms with E-state index in [1.807, 2.05) is 6.07 Å². The molecule has 4 aromatic rings. The zero-order chi connectivity index (χ0) is 22.0. The molecule has 4 rings (SSSR count). The summed E-state index contributed by atoms with van der Waals surface area (Å²) in [5.41, 5.74) is 1.42. The largest absolute Gasteiger partial charge is 0.435 e. The van der Waals surface area contributed by atoms with Gasteiger partial charge in [0.05, 0.1) is 4.90 Å². The van der Waals surface area contributed by atoms with Crippen LogP contribution in [0.4, 0.5) is 5.82 Å². The Hall–Kier alpha value is -3.92. The highest BCUT2D eigenvalue weighted by Crippen LogP contribution is 2.26. The lowest BCUT2D eigenvalue weighted by Crippen LogP contribution is -2.14. The Labute approximate surface area is 178 Å². The second-order valence-electron chi connectivity index (χ2n) is 6.64. The first-order chi connectivity index (χ1) is 14.8. The van der Waals surface area contributed by atoms with Crippen molar-refractivity contribution in [2.75, 3.05) is 11.6 Å². The lowest BCUT2D eigenvalue weighted by molar-refractivity contribution is 0.0996. The zero-order valence-corrected chi connectivity index (χ0v) is 17.4. The molecule has 156 valence electrons. The molecule has 0 fully saturated rings. The summed E-state index contributed by atoms with van der Waals surface area (Å²) < 4.78 is 28.9. The number of aryl methyl sites for hydroxylation is 1. The van der Waals surface area contributed by atoms with E-state index in [1.165, 1.54) is 18.3 Å². The number of pyridine rings is 1. The number of carbonyl (C=O) groups excluding carboxylic acids is 1. The lowest BCUT2D eigenvalue weighted by Gasteiger charge is -2.06. The van der Waals surface area contributed by atoms with Crippen LogP contribution in [0.15, 0.2) is 70.2 Å². The van der Waals surface area contributed by atoms with E-state index in [4.69, 9.17) is 4.42 Å². The van der Waals surface area contributed by atoms with Crippen molar-refractivity contribution >= 4 is 21.6 Å². The van der Waals surface area contributed by atoms with Crippen molar-refractivity contribution in [3.05, 3.63) is 72.6 Å². The van der Waals surface area contributed by atoms with Gasteiger partial charge < -0.3 is 9.73 Å². The molecule has 9 nitrogen and oxygen atoms in total. The van der Waals surface area contributed by atoms with E-state index >= 15 is 0 Å². The molecule has 1 aromatic carbocycles. The molecule has 0 atom stereocenters. The minimum absolute atomic E-state index is 0.0115. The van der Waals surface area contributed by atoms with Crippen LogP contribution in [0.3, 0.4) is 0 Å². The first kappa shape index (κ1) is 20.4. The van der Waals surface area contributed by atoms with Crippen molar-refractivity contribution in [2.24, 2.45) is 0 Å². The van der Waals surface area contributed by atoms with Crippen LogP contribution in [0.1, 0.15) is 16.4 Å². The van der Waals surface area contributed by atoms with Crippen molar-refractivity contribution in [3.63, 3.8) is 0 Å². The third-order valence-corrected chi connectivity index (χ3v) is 5.42. The number of aromatic nitrogens is 4. The van der Waals surface area contributed by atoms with Gasteiger partial charge in [0.2, 0.25) is 5.76 Å². The van der Waals surface area contributed by atoms with Crippen molar-refractivity contribution in [2.45, 2.75) is 11.8 Å². The van der Waals surface area contributed by atoms with Crippen LogP contribution in [0, 0.1) is 6.92 Å². The van der Waals surface area contributed by atoms with Gasteiger partial charge in [-0.05, 0) is 30.3 Å². The van der Waals surface area contributed by atoms with Crippen LogP contribution >= 0.6 is 0 Å². The average Bonchev–Trinajstić information content (AvgIpc) is 3.16. The lowest BCUT2D eigenvalue weighted by atomic mass is 10.1. The molecule has 0 bridgehead atoms. The highest BCUT2D eigenvalue weighted by molar-refractivity contribution is 7.90. The number of oxazole rings is 1. The first-order valence-electron chi connectivity index (χ1n) is 9.15. The van der Waals surface area contributed by atoms with Crippen LogP contribution in [-0.4, -0.2) is 40.5 Å². The van der Waals surface area contributed by atoms with Crippen molar-refractivity contribution in [1.82, 2.24) is 19.9 Å². The van der Waals surface area contributed by atoms with Gasteiger partial charge in [0.1, 0.15) is 17.2 Å². The van der Waals surface area contributed by atoms with Gasteiger partial charge in [0.15, 0.2) is 21.6 Å². The van der Waals surface area contributed by atoms with E-state index in [-0.39, 0.29) is 16.5 Å². The maximum atomic E-state index is 12.9. The number of hydrogen-bond donors (Lipinski definition) is 1. The fraction of sp³-hybridized carbons (Fsp3) is 0.0952. The van der Waals surface area contributed by atoms with Crippen LogP contribution < -0.4 is 5.32 Å². The molecular weight excluding hydrogens is 418 g/mol. The number of hydrogen-bond acceptors (Lipinski definition) is 8. The molecule has 0 saturated carbocycles. The van der Waals surface area contributed by atoms with E-state index < -0.39 is 15.7 Å². The minimum atomic E-state index is -3.33. The van der Waals surface area contributed by atoms with E-state index in [0.717, 1.165) is 6.26 Å². The molecule has 0 unspecified atom stereocenters. The number of nitrogens with zero attached hydrogens (tertiary/aromatic N) is 4. The van der Waals surface area contributed by atoms with Gasteiger partial charge in [-0.1, -0.05) is 18.2 Å². The number of rotatable bonds is 5. The van der Waals surface area contributed by atoms with Crippen molar-refractivity contribution in [1.29, 1.82) is 0 Å². The smallest absolute Gasteiger partial charge is 0.294 e. The molecule has 0 aliphatic carbocycles. The third kappa shape index (κ3) is 4.48. The maximum Gasteiger partial charge on any atom is 0.294 e. The monoisotopic (exact) mass is 435 g/mol. The molecule has 0 aliphatic rings. The topological polar surface area (TPSA) is 128 Å². The van der Waals surface area contributed by atoms with E-state index in [9.17, 15) is 13.2 Å². The summed E-state index contributed by atoms with van der Waals surface area (Å²) in [6.07, 6.45) is 4.27. The molecule has 3 heterocycles. The summed E-state index contributed by atoms with van der Waals surface area (Å²) in [7, 11) is -3.33. The predicted octanol–water partition coefficient (Wildman–Crippen LogP) is 3.16. The molecule has 10 heteroatoms. The highest BCUT2D eigenvalue weighted by atomic mass is 32.2. The molecule has 3 aromatic heterocycles. The highest BCUT2D eigenvalue weighted by Gasteiger charge is 2.21. The van der Waals surface area contributed by atoms with E-state index in [1.54, 1.807) is 43.5 Å². The summed E-state index contributed by atoms with van der Waals surface area (Å²) in [6, 6.07) is 13.0. The van der Waals surface area contributed by atoms with Gasteiger partial charge in [-0.15, -0.1) is 0 Å². The molecule has 1 amide bonds. The molecule has 31 heavy (non-hydrogen) atoms. The number of nitrogens with one attached hydrogen (secondary N) is 1. The molecule has 1 N–H and O–H groups in total. The standard InChI is InChI=1S/C21H17N5O4S/c1-13-24-18(14-6-8-15(9-7-14)31(2,28)29)19(30-13)21(27)26-17-10-12-23-20(25-17)16-5-3-4-11-22-16/h3-12H,1-2H3,(H,23,25,26,27). The summed E-state index contributed by atoms with van der Waals surface area (Å²) in [5, 5.41) is 2.68. The fourth-order valence-corrected chi connectivity index (χ4v) is 3.49. The molecule has 0 spiro atoms. The average molecular weight is 435 g/mol. The Balaban J connectivity index is 1.62. The number of benzene rings is 1. The SMILES string of the molecule is Cc1nc(-c2ccc(S(C)(=O)=O)cc2)c(C(=O)Nc2ccnc(-c3ccccn3)n2)o1.